The van der Waals surface area contributed by atoms with Crippen LogP contribution in [-0.4, -0.2) is 22.2 Å². The third-order valence-corrected chi connectivity index (χ3v) is 4.75. The Labute approximate surface area is 125 Å². The van der Waals surface area contributed by atoms with Crippen molar-refractivity contribution in [3.05, 3.63) is 26.9 Å². The Morgan fingerprint density at radius 3 is 2.61 bits per heavy atom. The zero-order valence-corrected chi connectivity index (χ0v) is 13.4. The first kappa shape index (κ1) is 14.4. The normalized spacial score (nSPS) is 18.8. The SMILES string of the molecule is OCC1(NCc2ncc(Br)cc2Br)CCCCC1. The minimum atomic E-state index is -0.105. The number of halogens is 2. The van der Waals surface area contributed by atoms with Crippen LogP contribution in [0.2, 0.25) is 0 Å². The van der Waals surface area contributed by atoms with Gasteiger partial charge in [-0.2, -0.15) is 0 Å². The highest BCUT2D eigenvalue weighted by molar-refractivity contribution is 9.11. The lowest BCUT2D eigenvalue weighted by Gasteiger charge is -2.36. The van der Waals surface area contributed by atoms with E-state index in [1.807, 2.05) is 6.07 Å². The predicted octanol–water partition coefficient (Wildman–Crippen LogP) is 3.39. The fourth-order valence-corrected chi connectivity index (χ4v) is 3.59. The van der Waals surface area contributed by atoms with Gasteiger partial charge >= 0.3 is 0 Å². The molecule has 0 aliphatic heterocycles. The molecule has 0 atom stereocenters. The minimum absolute atomic E-state index is 0.105. The van der Waals surface area contributed by atoms with E-state index in [-0.39, 0.29) is 12.1 Å². The molecule has 0 aromatic carbocycles. The van der Waals surface area contributed by atoms with E-state index in [9.17, 15) is 5.11 Å². The van der Waals surface area contributed by atoms with Gasteiger partial charge in [-0.3, -0.25) is 4.98 Å². The van der Waals surface area contributed by atoms with Crippen molar-refractivity contribution in [2.75, 3.05) is 6.61 Å². The average molecular weight is 378 g/mol. The van der Waals surface area contributed by atoms with Gasteiger partial charge in [-0.05, 0) is 50.8 Å². The number of aliphatic hydroxyl groups excluding tert-OH is 1. The van der Waals surface area contributed by atoms with Crippen LogP contribution in [0.5, 0.6) is 0 Å². The number of rotatable bonds is 4. The second-order valence-corrected chi connectivity index (χ2v) is 6.70. The summed E-state index contributed by atoms with van der Waals surface area (Å²) in [5.41, 5.74) is 0.878. The van der Waals surface area contributed by atoms with Gasteiger partial charge in [0.2, 0.25) is 0 Å². The second kappa shape index (κ2) is 6.46. The molecular weight excluding hydrogens is 360 g/mol. The molecule has 1 aliphatic carbocycles. The highest BCUT2D eigenvalue weighted by Crippen LogP contribution is 2.28. The molecule has 1 saturated carbocycles. The zero-order chi connectivity index (χ0) is 13.0. The maximum absolute atomic E-state index is 9.63. The number of aromatic nitrogens is 1. The van der Waals surface area contributed by atoms with Crippen LogP contribution in [-0.2, 0) is 6.54 Å². The molecule has 5 heteroatoms. The van der Waals surface area contributed by atoms with E-state index in [0.717, 1.165) is 27.5 Å². The van der Waals surface area contributed by atoms with Crippen molar-refractivity contribution in [1.29, 1.82) is 0 Å². The second-order valence-electron chi connectivity index (χ2n) is 4.93. The lowest BCUT2D eigenvalue weighted by molar-refractivity contribution is 0.119. The third-order valence-electron chi connectivity index (χ3n) is 3.63. The number of hydrogen-bond donors (Lipinski definition) is 2. The number of pyridine rings is 1. The highest BCUT2D eigenvalue weighted by atomic mass is 79.9. The molecule has 1 fully saturated rings. The van der Waals surface area contributed by atoms with Crippen molar-refractivity contribution in [1.82, 2.24) is 10.3 Å². The molecule has 0 bridgehead atoms. The summed E-state index contributed by atoms with van der Waals surface area (Å²) in [6.07, 6.45) is 7.58. The molecule has 3 nitrogen and oxygen atoms in total. The first-order valence-electron chi connectivity index (χ1n) is 6.31. The van der Waals surface area contributed by atoms with Crippen molar-refractivity contribution in [2.45, 2.75) is 44.2 Å². The predicted molar refractivity (Wildman–Crippen MR) is 79.4 cm³/mol. The van der Waals surface area contributed by atoms with E-state index in [1.165, 1.54) is 19.3 Å². The lowest BCUT2D eigenvalue weighted by atomic mass is 9.82. The molecule has 2 rings (SSSR count). The monoisotopic (exact) mass is 376 g/mol. The Kier molecular flexibility index (Phi) is 5.18. The summed E-state index contributed by atoms with van der Waals surface area (Å²) in [7, 11) is 0. The summed E-state index contributed by atoms with van der Waals surface area (Å²) in [5.74, 6) is 0. The van der Waals surface area contributed by atoms with Gasteiger partial charge in [-0.25, -0.2) is 0 Å². The van der Waals surface area contributed by atoms with Crippen LogP contribution < -0.4 is 5.32 Å². The lowest BCUT2D eigenvalue weighted by Crippen LogP contribution is -2.49. The first-order chi connectivity index (χ1) is 8.65. The van der Waals surface area contributed by atoms with Crippen molar-refractivity contribution >= 4 is 31.9 Å². The van der Waals surface area contributed by atoms with E-state index in [4.69, 9.17) is 0 Å². The Morgan fingerprint density at radius 1 is 1.28 bits per heavy atom. The van der Waals surface area contributed by atoms with Gasteiger partial charge in [0, 0.05) is 27.2 Å². The Bertz CT molecular complexity index is 406. The molecule has 100 valence electrons. The summed E-state index contributed by atoms with van der Waals surface area (Å²) in [4.78, 5) is 4.39. The molecule has 18 heavy (non-hydrogen) atoms. The van der Waals surface area contributed by atoms with Crippen LogP contribution in [0.1, 0.15) is 37.8 Å². The smallest absolute Gasteiger partial charge is 0.0684 e. The molecule has 2 N–H and O–H groups in total. The summed E-state index contributed by atoms with van der Waals surface area (Å²) < 4.78 is 1.96. The summed E-state index contributed by atoms with van der Waals surface area (Å²) in [6, 6.07) is 2.00. The van der Waals surface area contributed by atoms with Gasteiger partial charge in [0.05, 0.1) is 12.3 Å². The number of aliphatic hydroxyl groups is 1. The molecule has 0 amide bonds. The van der Waals surface area contributed by atoms with Gasteiger partial charge in [-0.15, -0.1) is 0 Å². The van der Waals surface area contributed by atoms with Gasteiger partial charge in [0.25, 0.3) is 0 Å². The van der Waals surface area contributed by atoms with Gasteiger partial charge in [0.15, 0.2) is 0 Å². The van der Waals surface area contributed by atoms with Gasteiger partial charge in [-0.1, -0.05) is 19.3 Å². The van der Waals surface area contributed by atoms with Crippen molar-refractivity contribution in [3.8, 4) is 0 Å². The first-order valence-corrected chi connectivity index (χ1v) is 7.90. The number of nitrogens with zero attached hydrogens (tertiary/aromatic N) is 1. The van der Waals surface area contributed by atoms with Crippen LogP contribution in [0, 0.1) is 0 Å². The molecule has 1 aromatic rings. The molecule has 0 unspecified atom stereocenters. The minimum Gasteiger partial charge on any atom is -0.394 e. The van der Waals surface area contributed by atoms with E-state index < -0.39 is 0 Å². The number of hydrogen-bond acceptors (Lipinski definition) is 3. The fourth-order valence-electron chi connectivity index (χ4n) is 2.46. The van der Waals surface area contributed by atoms with Crippen LogP contribution in [0.25, 0.3) is 0 Å². The standard InChI is InChI=1S/C13H18Br2N2O/c14-10-6-11(15)12(16-7-10)8-17-13(9-18)4-2-1-3-5-13/h6-7,17-18H,1-5,8-9H2. The fraction of sp³-hybridized carbons (Fsp3) is 0.615. The van der Waals surface area contributed by atoms with Crippen LogP contribution in [0.4, 0.5) is 0 Å². The zero-order valence-electron chi connectivity index (χ0n) is 10.3. The Morgan fingerprint density at radius 2 is 2.00 bits per heavy atom. The molecule has 0 spiro atoms. The largest absolute Gasteiger partial charge is 0.394 e. The summed E-state index contributed by atoms with van der Waals surface area (Å²) >= 11 is 6.91. The van der Waals surface area contributed by atoms with E-state index in [1.54, 1.807) is 6.20 Å². The summed E-state index contributed by atoms with van der Waals surface area (Å²) in [5, 5.41) is 13.1. The third kappa shape index (κ3) is 3.53. The van der Waals surface area contributed by atoms with Gasteiger partial charge in [0.1, 0.15) is 0 Å². The quantitative estimate of drug-likeness (QED) is 0.845. The molecular formula is C13H18Br2N2O. The van der Waals surface area contributed by atoms with E-state index in [2.05, 4.69) is 42.2 Å². The van der Waals surface area contributed by atoms with Crippen LogP contribution in [0.3, 0.4) is 0 Å². The number of nitrogens with one attached hydrogen (secondary N) is 1. The van der Waals surface area contributed by atoms with Crippen molar-refractivity contribution < 1.29 is 5.11 Å². The Hall–Kier alpha value is 0.0300. The molecule has 0 radical (unpaired) electrons. The maximum atomic E-state index is 9.63. The van der Waals surface area contributed by atoms with Gasteiger partial charge < -0.3 is 10.4 Å². The maximum Gasteiger partial charge on any atom is 0.0684 e. The summed E-state index contributed by atoms with van der Waals surface area (Å²) in [6.45, 7) is 0.898. The van der Waals surface area contributed by atoms with Crippen LogP contribution in [0.15, 0.2) is 21.2 Å². The molecule has 1 aliphatic rings. The molecule has 1 heterocycles. The average Bonchev–Trinajstić information content (AvgIpc) is 2.39. The van der Waals surface area contributed by atoms with Crippen molar-refractivity contribution in [3.63, 3.8) is 0 Å². The Balaban J connectivity index is 2.01. The van der Waals surface area contributed by atoms with Crippen molar-refractivity contribution in [2.24, 2.45) is 0 Å². The van der Waals surface area contributed by atoms with Crippen LogP contribution >= 0.6 is 31.9 Å². The highest BCUT2D eigenvalue weighted by Gasteiger charge is 2.30. The molecule has 1 aromatic heterocycles. The van der Waals surface area contributed by atoms with E-state index >= 15 is 0 Å². The van der Waals surface area contributed by atoms with E-state index in [0.29, 0.717) is 6.54 Å². The molecule has 0 saturated heterocycles. The topological polar surface area (TPSA) is 45.1 Å².